The maximum absolute atomic E-state index is 4.57. The third-order valence-electron chi connectivity index (χ3n) is 4.30. The van der Waals surface area contributed by atoms with E-state index in [4.69, 9.17) is 0 Å². The normalized spacial score (nSPS) is 17.0. The van der Waals surface area contributed by atoms with Crippen molar-refractivity contribution in [3.05, 3.63) is 52.0 Å². The van der Waals surface area contributed by atoms with Gasteiger partial charge in [0.15, 0.2) is 0 Å². The van der Waals surface area contributed by atoms with Crippen LogP contribution >= 0.6 is 11.3 Å². The Hall–Kier alpha value is -1.23. The highest BCUT2D eigenvalue weighted by atomic mass is 32.1. The molecule has 1 aromatic carbocycles. The van der Waals surface area contributed by atoms with Crippen LogP contribution in [0.25, 0.3) is 0 Å². The van der Waals surface area contributed by atoms with Crippen LogP contribution in [0.2, 0.25) is 0 Å². The summed E-state index contributed by atoms with van der Waals surface area (Å²) in [4.78, 5) is 9.70. The van der Waals surface area contributed by atoms with E-state index in [1.807, 2.05) is 0 Å². The summed E-state index contributed by atoms with van der Waals surface area (Å²) in [7, 11) is 0. The lowest BCUT2D eigenvalue weighted by atomic mass is 10.1. The lowest BCUT2D eigenvalue weighted by Gasteiger charge is -2.34. The lowest BCUT2D eigenvalue weighted by Crippen LogP contribution is -2.46. The van der Waals surface area contributed by atoms with Gasteiger partial charge >= 0.3 is 0 Å². The van der Waals surface area contributed by atoms with Crippen LogP contribution < -0.4 is 0 Å². The van der Waals surface area contributed by atoms with E-state index in [1.54, 1.807) is 11.3 Å². The monoisotopic (exact) mass is 315 g/mol. The first kappa shape index (κ1) is 15.7. The largest absolute Gasteiger partial charge is 0.301 e. The van der Waals surface area contributed by atoms with Crippen molar-refractivity contribution in [2.24, 2.45) is 0 Å². The summed E-state index contributed by atoms with van der Waals surface area (Å²) in [5, 5.41) is 3.37. The SMILES string of the molecule is Cc1nc(CN2CCN(CCCc3ccccc3)CC2)cs1. The van der Waals surface area contributed by atoms with Gasteiger partial charge in [0.25, 0.3) is 0 Å². The van der Waals surface area contributed by atoms with Crippen LogP contribution in [0.15, 0.2) is 35.7 Å². The van der Waals surface area contributed by atoms with Crippen molar-refractivity contribution < 1.29 is 0 Å². The van der Waals surface area contributed by atoms with Crippen LogP contribution in [0, 0.1) is 6.92 Å². The number of benzene rings is 1. The van der Waals surface area contributed by atoms with Crippen molar-refractivity contribution in [2.45, 2.75) is 26.3 Å². The molecule has 2 heterocycles. The number of hydrogen-bond donors (Lipinski definition) is 0. The van der Waals surface area contributed by atoms with Gasteiger partial charge in [-0.3, -0.25) is 4.90 Å². The van der Waals surface area contributed by atoms with E-state index in [1.165, 1.54) is 61.8 Å². The molecule has 0 bridgehead atoms. The van der Waals surface area contributed by atoms with E-state index in [9.17, 15) is 0 Å². The van der Waals surface area contributed by atoms with Crippen molar-refractivity contribution in [1.82, 2.24) is 14.8 Å². The third-order valence-corrected chi connectivity index (χ3v) is 5.12. The minimum atomic E-state index is 1.02. The average Bonchev–Trinajstić information content (AvgIpc) is 2.95. The minimum absolute atomic E-state index is 1.02. The lowest BCUT2D eigenvalue weighted by molar-refractivity contribution is 0.125. The van der Waals surface area contributed by atoms with E-state index in [0.717, 1.165) is 6.54 Å². The zero-order valence-electron chi connectivity index (χ0n) is 13.4. The van der Waals surface area contributed by atoms with Crippen LogP contribution in [0.3, 0.4) is 0 Å². The molecular formula is C18H25N3S. The predicted octanol–water partition coefficient (Wildman–Crippen LogP) is 3.20. The first-order valence-electron chi connectivity index (χ1n) is 8.19. The summed E-state index contributed by atoms with van der Waals surface area (Å²) < 4.78 is 0. The fourth-order valence-electron chi connectivity index (χ4n) is 3.03. The molecule has 2 aromatic rings. The Morgan fingerprint density at radius 2 is 1.77 bits per heavy atom. The van der Waals surface area contributed by atoms with Crippen LogP contribution in [-0.2, 0) is 13.0 Å². The van der Waals surface area contributed by atoms with Crippen molar-refractivity contribution in [3.8, 4) is 0 Å². The number of hydrogen-bond acceptors (Lipinski definition) is 4. The number of aryl methyl sites for hydroxylation is 2. The fourth-order valence-corrected chi connectivity index (χ4v) is 3.64. The quantitative estimate of drug-likeness (QED) is 0.816. The topological polar surface area (TPSA) is 19.4 Å². The summed E-state index contributed by atoms with van der Waals surface area (Å²) >= 11 is 1.75. The molecule has 1 aliphatic heterocycles. The molecule has 0 N–H and O–H groups in total. The molecule has 4 heteroatoms. The highest BCUT2D eigenvalue weighted by Gasteiger charge is 2.17. The zero-order chi connectivity index (χ0) is 15.2. The van der Waals surface area contributed by atoms with Gasteiger partial charge in [-0.25, -0.2) is 4.98 Å². The second kappa shape index (κ2) is 7.86. The summed E-state index contributed by atoms with van der Waals surface area (Å²) in [5.41, 5.74) is 2.69. The summed E-state index contributed by atoms with van der Waals surface area (Å²) in [6.45, 7) is 9.04. The van der Waals surface area contributed by atoms with Gasteiger partial charge in [-0.2, -0.15) is 0 Å². The molecule has 0 saturated carbocycles. The van der Waals surface area contributed by atoms with Crippen LogP contribution in [-0.4, -0.2) is 47.5 Å². The molecule has 1 fully saturated rings. The highest BCUT2D eigenvalue weighted by molar-refractivity contribution is 7.09. The van der Waals surface area contributed by atoms with Gasteiger partial charge in [-0.05, 0) is 31.9 Å². The molecule has 0 atom stereocenters. The van der Waals surface area contributed by atoms with Crippen molar-refractivity contribution in [1.29, 1.82) is 0 Å². The summed E-state index contributed by atoms with van der Waals surface area (Å²) in [6, 6.07) is 10.8. The summed E-state index contributed by atoms with van der Waals surface area (Å²) in [6.07, 6.45) is 2.45. The molecule has 1 aromatic heterocycles. The molecule has 0 spiro atoms. The fraction of sp³-hybridized carbons (Fsp3) is 0.500. The molecule has 3 rings (SSSR count). The van der Waals surface area contributed by atoms with E-state index in [2.05, 4.69) is 57.4 Å². The molecule has 0 aliphatic carbocycles. The molecule has 118 valence electrons. The van der Waals surface area contributed by atoms with E-state index < -0.39 is 0 Å². The number of piperazine rings is 1. The molecule has 0 unspecified atom stereocenters. The molecule has 22 heavy (non-hydrogen) atoms. The van der Waals surface area contributed by atoms with Crippen LogP contribution in [0.5, 0.6) is 0 Å². The Balaban J connectivity index is 1.35. The third kappa shape index (κ3) is 4.63. The zero-order valence-corrected chi connectivity index (χ0v) is 14.2. The van der Waals surface area contributed by atoms with Gasteiger partial charge in [0, 0.05) is 38.1 Å². The van der Waals surface area contributed by atoms with Gasteiger partial charge in [0.2, 0.25) is 0 Å². The maximum atomic E-state index is 4.57. The van der Waals surface area contributed by atoms with E-state index in [0.29, 0.717) is 0 Å². The number of nitrogens with zero attached hydrogens (tertiary/aromatic N) is 3. The van der Waals surface area contributed by atoms with E-state index in [-0.39, 0.29) is 0 Å². The first-order chi connectivity index (χ1) is 10.8. The van der Waals surface area contributed by atoms with Gasteiger partial charge in [0.05, 0.1) is 10.7 Å². The van der Waals surface area contributed by atoms with Crippen molar-refractivity contribution in [3.63, 3.8) is 0 Å². The molecular weight excluding hydrogens is 290 g/mol. The standard InChI is InChI=1S/C18H25N3S/c1-16-19-18(15-22-16)14-21-12-10-20(11-13-21)9-5-8-17-6-3-2-4-7-17/h2-4,6-7,15H,5,8-14H2,1H3. The Morgan fingerprint density at radius 1 is 1.05 bits per heavy atom. The van der Waals surface area contributed by atoms with Gasteiger partial charge in [-0.15, -0.1) is 11.3 Å². The molecule has 1 saturated heterocycles. The van der Waals surface area contributed by atoms with Gasteiger partial charge < -0.3 is 4.90 Å². The smallest absolute Gasteiger partial charge is 0.0897 e. The van der Waals surface area contributed by atoms with Crippen LogP contribution in [0.1, 0.15) is 22.7 Å². The Labute approximate surface area is 137 Å². The Morgan fingerprint density at radius 3 is 2.45 bits per heavy atom. The number of thiazole rings is 1. The minimum Gasteiger partial charge on any atom is -0.301 e. The van der Waals surface area contributed by atoms with Crippen molar-refractivity contribution in [2.75, 3.05) is 32.7 Å². The van der Waals surface area contributed by atoms with E-state index >= 15 is 0 Å². The average molecular weight is 315 g/mol. The molecule has 0 amide bonds. The van der Waals surface area contributed by atoms with Crippen molar-refractivity contribution >= 4 is 11.3 Å². The predicted molar refractivity (Wildman–Crippen MR) is 93.3 cm³/mol. The van der Waals surface area contributed by atoms with Gasteiger partial charge in [0.1, 0.15) is 0 Å². The second-order valence-electron chi connectivity index (χ2n) is 6.06. The Kier molecular flexibility index (Phi) is 5.59. The Bertz CT molecular complexity index is 559. The number of aromatic nitrogens is 1. The molecule has 3 nitrogen and oxygen atoms in total. The van der Waals surface area contributed by atoms with Crippen LogP contribution in [0.4, 0.5) is 0 Å². The highest BCUT2D eigenvalue weighted by Crippen LogP contribution is 2.12. The number of rotatable bonds is 6. The second-order valence-corrected chi connectivity index (χ2v) is 7.13. The molecule has 1 aliphatic rings. The summed E-state index contributed by atoms with van der Waals surface area (Å²) in [5.74, 6) is 0. The first-order valence-corrected chi connectivity index (χ1v) is 9.07. The van der Waals surface area contributed by atoms with Gasteiger partial charge in [-0.1, -0.05) is 30.3 Å². The molecule has 0 radical (unpaired) electrons. The maximum Gasteiger partial charge on any atom is 0.0897 e.